The van der Waals surface area contributed by atoms with Crippen LogP contribution in [0.25, 0.3) is 0 Å². The lowest BCUT2D eigenvalue weighted by Crippen LogP contribution is -2.30. The quantitative estimate of drug-likeness (QED) is 0.867. The van der Waals surface area contributed by atoms with Gasteiger partial charge in [0, 0.05) is 4.88 Å². The minimum absolute atomic E-state index is 0.126. The highest BCUT2D eigenvalue weighted by molar-refractivity contribution is 7.16. The van der Waals surface area contributed by atoms with Crippen LogP contribution in [0.2, 0.25) is 9.36 Å². The number of hydrogen-bond acceptors (Lipinski definition) is 3. The monoisotopic (exact) mass is 347 g/mol. The van der Waals surface area contributed by atoms with E-state index >= 15 is 0 Å². The summed E-state index contributed by atoms with van der Waals surface area (Å²) in [5, 5.41) is 2.91. The van der Waals surface area contributed by atoms with Crippen LogP contribution in [0, 0.1) is 5.82 Å². The van der Waals surface area contributed by atoms with Gasteiger partial charge in [-0.15, -0.1) is 11.3 Å². The molecule has 0 aliphatic rings. The van der Waals surface area contributed by atoms with E-state index in [0.717, 1.165) is 10.9 Å². The van der Waals surface area contributed by atoms with E-state index in [2.05, 4.69) is 5.32 Å². The molecule has 0 radical (unpaired) electrons. The molecule has 7 heteroatoms. The van der Waals surface area contributed by atoms with E-state index < -0.39 is 5.82 Å². The second-order valence-corrected chi connectivity index (χ2v) is 6.45. The van der Waals surface area contributed by atoms with Gasteiger partial charge in [-0.2, -0.15) is 0 Å². The molecular weight excluding hydrogens is 336 g/mol. The van der Waals surface area contributed by atoms with Crippen molar-refractivity contribution in [3.05, 3.63) is 50.4 Å². The van der Waals surface area contributed by atoms with E-state index in [0.29, 0.717) is 4.34 Å². The predicted octanol–water partition coefficient (Wildman–Crippen LogP) is 4.45. The van der Waals surface area contributed by atoms with Gasteiger partial charge in [0.15, 0.2) is 6.61 Å². The van der Waals surface area contributed by atoms with E-state index in [-0.39, 0.29) is 29.3 Å². The first-order valence-corrected chi connectivity index (χ1v) is 7.65. The van der Waals surface area contributed by atoms with E-state index in [4.69, 9.17) is 27.9 Å². The molecule has 0 fully saturated rings. The summed E-state index contributed by atoms with van der Waals surface area (Å²) in [4.78, 5) is 12.8. The Kier molecular flexibility index (Phi) is 5.45. The molecule has 2 rings (SSSR count). The van der Waals surface area contributed by atoms with Gasteiger partial charge >= 0.3 is 0 Å². The predicted molar refractivity (Wildman–Crippen MR) is 82.8 cm³/mol. The Balaban J connectivity index is 1.87. The molecule has 1 aromatic carbocycles. The lowest BCUT2D eigenvalue weighted by molar-refractivity contribution is -0.123. The van der Waals surface area contributed by atoms with Crippen LogP contribution < -0.4 is 10.1 Å². The molecule has 1 N–H and O–H groups in total. The Morgan fingerprint density at radius 1 is 1.38 bits per heavy atom. The Morgan fingerprint density at radius 3 is 2.76 bits per heavy atom. The van der Waals surface area contributed by atoms with Crippen LogP contribution in [0.5, 0.6) is 5.75 Å². The number of ether oxygens (including phenoxy) is 1. The Hall–Kier alpha value is -1.30. The Labute approximate surface area is 135 Å². The Bertz CT molecular complexity index is 648. The largest absolute Gasteiger partial charge is 0.482 e. The highest BCUT2D eigenvalue weighted by Gasteiger charge is 2.13. The lowest BCUT2D eigenvalue weighted by Gasteiger charge is -2.13. The Morgan fingerprint density at radius 2 is 2.14 bits per heavy atom. The second kappa shape index (κ2) is 7.11. The molecule has 1 atom stereocenters. The van der Waals surface area contributed by atoms with Gasteiger partial charge in [-0.25, -0.2) is 4.39 Å². The molecule has 0 spiro atoms. The van der Waals surface area contributed by atoms with Gasteiger partial charge in [0.25, 0.3) is 5.91 Å². The summed E-state index contributed by atoms with van der Waals surface area (Å²) in [5.41, 5.74) is 0. The fourth-order valence-corrected chi connectivity index (χ4v) is 2.94. The highest BCUT2D eigenvalue weighted by Crippen LogP contribution is 2.27. The van der Waals surface area contributed by atoms with E-state index in [1.807, 2.05) is 13.0 Å². The van der Waals surface area contributed by atoms with Crippen molar-refractivity contribution in [3.8, 4) is 5.75 Å². The summed E-state index contributed by atoms with van der Waals surface area (Å²) >= 11 is 13.1. The molecule has 3 nitrogen and oxygen atoms in total. The molecule has 0 saturated carbocycles. The third-order valence-electron chi connectivity index (χ3n) is 2.65. The first kappa shape index (κ1) is 16.1. The van der Waals surface area contributed by atoms with Crippen LogP contribution in [0.3, 0.4) is 0 Å². The number of halogens is 3. The number of amides is 1. The zero-order chi connectivity index (χ0) is 15.4. The number of thiophene rings is 1. The summed E-state index contributed by atoms with van der Waals surface area (Å²) in [6.07, 6.45) is 0. The molecule has 0 aliphatic carbocycles. The molecule has 1 unspecified atom stereocenters. The second-order valence-electron chi connectivity index (χ2n) is 4.29. The molecule has 1 heterocycles. The van der Waals surface area contributed by atoms with Crippen molar-refractivity contribution in [2.45, 2.75) is 13.0 Å². The van der Waals surface area contributed by atoms with Gasteiger partial charge in [-0.05, 0) is 37.3 Å². The van der Waals surface area contributed by atoms with Crippen molar-refractivity contribution in [1.29, 1.82) is 0 Å². The number of rotatable bonds is 5. The van der Waals surface area contributed by atoms with Gasteiger partial charge in [-0.1, -0.05) is 23.2 Å². The fourth-order valence-electron chi connectivity index (χ4n) is 1.65. The third kappa shape index (κ3) is 4.59. The first-order chi connectivity index (χ1) is 9.95. The maximum atomic E-state index is 12.9. The summed E-state index contributed by atoms with van der Waals surface area (Å²) in [6.45, 7) is 1.65. The van der Waals surface area contributed by atoms with E-state index in [9.17, 15) is 9.18 Å². The van der Waals surface area contributed by atoms with Gasteiger partial charge in [-0.3, -0.25) is 4.79 Å². The van der Waals surface area contributed by atoms with Gasteiger partial charge in [0.1, 0.15) is 11.6 Å². The van der Waals surface area contributed by atoms with Crippen LogP contribution in [0.1, 0.15) is 17.8 Å². The highest BCUT2D eigenvalue weighted by atomic mass is 35.5. The van der Waals surface area contributed by atoms with E-state index in [1.165, 1.54) is 23.5 Å². The molecule has 21 heavy (non-hydrogen) atoms. The SMILES string of the molecule is CC(NC(=O)COc1ccc(F)cc1Cl)c1ccc(Cl)s1. The van der Waals surface area contributed by atoms with Crippen molar-refractivity contribution < 1.29 is 13.9 Å². The van der Waals surface area contributed by atoms with Crippen LogP contribution in [0.4, 0.5) is 4.39 Å². The smallest absolute Gasteiger partial charge is 0.258 e. The number of nitrogens with one attached hydrogen (secondary N) is 1. The zero-order valence-electron chi connectivity index (χ0n) is 11.0. The maximum absolute atomic E-state index is 12.9. The average Bonchev–Trinajstić information content (AvgIpc) is 2.84. The molecule has 1 amide bonds. The first-order valence-electron chi connectivity index (χ1n) is 6.08. The summed E-state index contributed by atoms with van der Waals surface area (Å²) in [6, 6.07) is 7.20. The molecule has 2 aromatic rings. The van der Waals surface area contributed by atoms with Crippen LogP contribution in [0.15, 0.2) is 30.3 Å². The number of carbonyl (C=O) groups is 1. The molecule has 0 aliphatic heterocycles. The van der Waals surface area contributed by atoms with Crippen molar-refractivity contribution in [3.63, 3.8) is 0 Å². The van der Waals surface area contributed by atoms with Crippen molar-refractivity contribution in [1.82, 2.24) is 5.32 Å². The summed E-state index contributed by atoms with van der Waals surface area (Å²) in [5.74, 6) is -0.493. The van der Waals surface area contributed by atoms with Crippen LogP contribution in [-0.2, 0) is 4.79 Å². The zero-order valence-corrected chi connectivity index (χ0v) is 13.4. The fraction of sp³-hybridized carbons (Fsp3) is 0.214. The van der Waals surface area contributed by atoms with Crippen molar-refractivity contribution in [2.75, 3.05) is 6.61 Å². The third-order valence-corrected chi connectivity index (χ3v) is 4.36. The van der Waals surface area contributed by atoms with E-state index in [1.54, 1.807) is 6.07 Å². The minimum Gasteiger partial charge on any atom is -0.482 e. The topological polar surface area (TPSA) is 38.3 Å². The van der Waals surface area contributed by atoms with Crippen molar-refractivity contribution in [2.24, 2.45) is 0 Å². The molecule has 1 aromatic heterocycles. The van der Waals surface area contributed by atoms with Crippen LogP contribution >= 0.6 is 34.5 Å². The van der Waals surface area contributed by atoms with Crippen LogP contribution in [-0.4, -0.2) is 12.5 Å². The molecule has 0 saturated heterocycles. The van der Waals surface area contributed by atoms with Gasteiger partial charge in [0.2, 0.25) is 0 Å². The molecule has 0 bridgehead atoms. The molecular formula is C14H12Cl2FNO2S. The summed E-state index contributed by atoms with van der Waals surface area (Å²) < 4.78 is 18.8. The lowest BCUT2D eigenvalue weighted by atomic mass is 10.3. The van der Waals surface area contributed by atoms with Gasteiger partial charge < -0.3 is 10.1 Å². The number of hydrogen-bond donors (Lipinski definition) is 1. The maximum Gasteiger partial charge on any atom is 0.258 e. The number of carbonyl (C=O) groups excluding carboxylic acids is 1. The summed E-state index contributed by atoms with van der Waals surface area (Å²) in [7, 11) is 0. The molecule has 112 valence electrons. The normalized spacial score (nSPS) is 12.0. The minimum atomic E-state index is -0.458. The van der Waals surface area contributed by atoms with Gasteiger partial charge in [0.05, 0.1) is 15.4 Å². The number of benzene rings is 1. The van der Waals surface area contributed by atoms with Crippen molar-refractivity contribution >= 4 is 40.4 Å². The average molecular weight is 348 g/mol. The standard InChI is InChI=1S/C14H12Cl2FNO2S/c1-8(12-4-5-13(16)21-12)18-14(19)7-20-11-3-2-9(17)6-10(11)15/h2-6,8H,7H2,1H3,(H,18,19).